The third kappa shape index (κ3) is 2.02. The number of hydrogen-bond donors (Lipinski definition) is 2. The second-order valence-corrected chi connectivity index (χ2v) is 3.10. The molecule has 1 aliphatic rings. The number of ether oxygens (including phenoxy) is 2. The van der Waals surface area contributed by atoms with Crippen molar-refractivity contribution in [1.29, 1.82) is 0 Å². The molecule has 0 spiro atoms. The molecule has 5 heteroatoms. The van der Waals surface area contributed by atoms with Gasteiger partial charge in [0, 0.05) is 7.05 Å². The average molecular weight is 208 g/mol. The van der Waals surface area contributed by atoms with Crippen molar-refractivity contribution in [2.45, 2.75) is 6.10 Å². The summed E-state index contributed by atoms with van der Waals surface area (Å²) in [6.07, 6.45) is -0.604. The number of nitrogens with one attached hydrogen (secondary N) is 2. The molecule has 1 aliphatic heterocycles. The molecule has 2 rings (SSSR count). The first-order valence-corrected chi connectivity index (χ1v) is 4.66. The van der Waals surface area contributed by atoms with Crippen LogP contribution in [0.1, 0.15) is 0 Å². The minimum atomic E-state index is -0.604. The number of carbonyl (C=O) groups is 1. The number of benzene rings is 1. The van der Waals surface area contributed by atoms with Crippen molar-refractivity contribution in [2.24, 2.45) is 0 Å². The van der Waals surface area contributed by atoms with E-state index in [4.69, 9.17) is 9.47 Å². The fourth-order valence-electron chi connectivity index (χ4n) is 1.35. The Kier molecular flexibility index (Phi) is 2.73. The van der Waals surface area contributed by atoms with Crippen LogP contribution in [0.3, 0.4) is 0 Å². The third-order valence-corrected chi connectivity index (χ3v) is 2.05. The summed E-state index contributed by atoms with van der Waals surface area (Å²) in [5, 5.41) is 0. The Morgan fingerprint density at radius 3 is 2.87 bits per heavy atom. The van der Waals surface area contributed by atoms with Crippen LogP contribution < -0.4 is 20.3 Å². The highest BCUT2D eigenvalue weighted by molar-refractivity contribution is 5.81. The van der Waals surface area contributed by atoms with Crippen molar-refractivity contribution in [2.75, 3.05) is 13.7 Å². The molecular formula is C10H12N2O3. The zero-order valence-corrected chi connectivity index (χ0v) is 8.32. The first kappa shape index (κ1) is 9.79. The smallest absolute Gasteiger partial charge is 0.278 e. The summed E-state index contributed by atoms with van der Waals surface area (Å²) in [5.41, 5.74) is 5.01. The van der Waals surface area contributed by atoms with Gasteiger partial charge in [-0.25, -0.2) is 5.43 Å². The van der Waals surface area contributed by atoms with Crippen LogP contribution in [0.25, 0.3) is 0 Å². The molecule has 1 amide bonds. The van der Waals surface area contributed by atoms with Crippen molar-refractivity contribution < 1.29 is 14.3 Å². The van der Waals surface area contributed by atoms with Gasteiger partial charge in [-0.2, -0.15) is 0 Å². The summed E-state index contributed by atoms with van der Waals surface area (Å²) in [4.78, 5) is 11.4. The van der Waals surface area contributed by atoms with E-state index in [-0.39, 0.29) is 12.5 Å². The Hall–Kier alpha value is -1.75. The first-order valence-electron chi connectivity index (χ1n) is 4.66. The first-order chi connectivity index (χ1) is 7.31. The number of carbonyl (C=O) groups excluding carboxylic acids is 1. The van der Waals surface area contributed by atoms with Gasteiger partial charge in [0.2, 0.25) is 6.10 Å². The van der Waals surface area contributed by atoms with E-state index in [0.29, 0.717) is 11.5 Å². The molecule has 0 aromatic heterocycles. The van der Waals surface area contributed by atoms with Crippen LogP contribution in [0.4, 0.5) is 0 Å². The van der Waals surface area contributed by atoms with Crippen molar-refractivity contribution in [3.05, 3.63) is 24.3 Å². The molecule has 15 heavy (non-hydrogen) atoms. The molecule has 80 valence electrons. The maximum Gasteiger partial charge on any atom is 0.278 e. The van der Waals surface area contributed by atoms with Crippen LogP contribution in [-0.4, -0.2) is 25.7 Å². The number of para-hydroxylation sites is 2. The highest BCUT2D eigenvalue weighted by Gasteiger charge is 2.26. The normalized spacial score (nSPS) is 18.3. The lowest BCUT2D eigenvalue weighted by Gasteiger charge is -2.25. The van der Waals surface area contributed by atoms with Crippen LogP contribution in [-0.2, 0) is 4.79 Å². The van der Waals surface area contributed by atoms with Gasteiger partial charge in [0.15, 0.2) is 11.5 Å². The number of amides is 1. The molecule has 0 saturated heterocycles. The second-order valence-electron chi connectivity index (χ2n) is 3.10. The average Bonchev–Trinajstić information content (AvgIpc) is 2.29. The highest BCUT2D eigenvalue weighted by atomic mass is 16.6. The SMILES string of the molecule is CNNC(=O)[C@H]1COc2ccccc2O1. The van der Waals surface area contributed by atoms with Crippen molar-refractivity contribution in [3.63, 3.8) is 0 Å². The Morgan fingerprint density at radius 2 is 2.13 bits per heavy atom. The second kappa shape index (κ2) is 4.18. The van der Waals surface area contributed by atoms with E-state index in [0.717, 1.165) is 0 Å². The fraction of sp³-hybridized carbons (Fsp3) is 0.300. The van der Waals surface area contributed by atoms with Crippen LogP contribution in [0.15, 0.2) is 24.3 Å². The van der Waals surface area contributed by atoms with E-state index < -0.39 is 6.10 Å². The molecule has 0 unspecified atom stereocenters. The Labute approximate surface area is 87.3 Å². The van der Waals surface area contributed by atoms with Crippen LogP contribution >= 0.6 is 0 Å². The summed E-state index contributed by atoms with van der Waals surface area (Å²) in [7, 11) is 1.62. The highest BCUT2D eigenvalue weighted by Crippen LogP contribution is 2.30. The molecule has 2 N–H and O–H groups in total. The number of fused-ring (bicyclic) bond motifs is 1. The minimum absolute atomic E-state index is 0.227. The lowest BCUT2D eigenvalue weighted by Crippen LogP contribution is -2.47. The van der Waals surface area contributed by atoms with Gasteiger partial charge in [0.1, 0.15) is 6.61 Å². The molecule has 0 fully saturated rings. The maximum atomic E-state index is 11.4. The summed E-state index contributed by atoms with van der Waals surface area (Å²) in [6.45, 7) is 0.227. The van der Waals surface area contributed by atoms with Crippen LogP contribution in [0.5, 0.6) is 11.5 Å². The molecule has 1 atom stereocenters. The van der Waals surface area contributed by atoms with E-state index in [9.17, 15) is 4.79 Å². The van der Waals surface area contributed by atoms with Crippen molar-refractivity contribution in [1.82, 2.24) is 10.9 Å². The van der Waals surface area contributed by atoms with Gasteiger partial charge in [-0.1, -0.05) is 12.1 Å². The molecule has 1 aromatic carbocycles. The summed E-state index contributed by atoms with van der Waals surface area (Å²) in [6, 6.07) is 7.27. The number of hydrazine groups is 1. The Morgan fingerprint density at radius 1 is 1.40 bits per heavy atom. The van der Waals surface area contributed by atoms with E-state index in [1.807, 2.05) is 18.2 Å². The lowest BCUT2D eigenvalue weighted by molar-refractivity contribution is -0.131. The fourth-order valence-corrected chi connectivity index (χ4v) is 1.35. The summed E-state index contributed by atoms with van der Waals surface area (Å²) in [5.74, 6) is 1.03. The quantitative estimate of drug-likeness (QED) is 0.676. The zero-order chi connectivity index (χ0) is 10.7. The Balaban J connectivity index is 2.08. The standard InChI is InChI=1S/C10H12N2O3/c1-11-12-10(13)9-6-14-7-4-2-3-5-8(7)15-9/h2-5,9,11H,6H2,1H3,(H,12,13)/t9-/m1/s1. The third-order valence-electron chi connectivity index (χ3n) is 2.05. The minimum Gasteiger partial charge on any atom is -0.485 e. The van der Waals surface area contributed by atoms with Crippen LogP contribution in [0.2, 0.25) is 0 Å². The van der Waals surface area contributed by atoms with E-state index >= 15 is 0 Å². The summed E-state index contributed by atoms with van der Waals surface area (Å²) < 4.78 is 10.9. The van der Waals surface area contributed by atoms with Gasteiger partial charge in [-0.15, -0.1) is 0 Å². The molecule has 0 radical (unpaired) electrons. The number of rotatable bonds is 2. The molecule has 1 aromatic rings. The molecule has 0 aliphatic carbocycles. The van der Waals surface area contributed by atoms with E-state index in [2.05, 4.69) is 10.9 Å². The predicted molar refractivity (Wildman–Crippen MR) is 53.6 cm³/mol. The van der Waals surface area contributed by atoms with Crippen molar-refractivity contribution in [3.8, 4) is 11.5 Å². The molecule has 5 nitrogen and oxygen atoms in total. The maximum absolute atomic E-state index is 11.4. The van der Waals surface area contributed by atoms with E-state index in [1.165, 1.54) is 0 Å². The van der Waals surface area contributed by atoms with Gasteiger partial charge in [-0.05, 0) is 12.1 Å². The summed E-state index contributed by atoms with van der Waals surface area (Å²) >= 11 is 0. The number of hydrogen-bond acceptors (Lipinski definition) is 4. The van der Waals surface area contributed by atoms with Crippen LogP contribution in [0, 0.1) is 0 Å². The Bertz CT molecular complexity index is 367. The lowest BCUT2D eigenvalue weighted by atomic mass is 10.2. The predicted octanol–water partition coefficient (Wildman–Crippen LogP) is 0.0770. The molecule has 0 bridgehead atoms. The topological polar surface area (TPSA) is 59.6 Å². The largest absolute Gasteiger partial charge is 0.485 e. The zero-order valence-electron chi connectivity index (χ0n) is 8.32. The van der Waals surface area contributed by atoms with Crippen molar-refractivity contribution >= 4 is 5.91 Å². The van der Waals surface area contributed by atoms with Gasteiger partial charge in [0.25, 0.3) is 5.91 Å². The van der Waals surface area contributed by atoms with Gasteiger partial charge in [0.05, 0.1) is 0 Å². The molecule has 1 heterocycles. The van der Waals surface area contributed by atoms with Gasteiger partial charge < -0.3 is 9.47 Å². The monoisotopic (exact) mass is 208 g/mol. The van der Waals surface area contributed by atoms with E-state index in [1.54, 1.807) is 13.1 Å². The molecule has 0 saturated carbocycles. The van der Waals surface area contributed by atoms with Gasteiger partial charge >= 0.3 is 0 Å². The van der Waals surface area contributed by atoms with Gasteiger partial charge in [-0.3, -0.25) is 10.2 Å². The molecular weight excluding hydrogens is 196 g/mol.